The van der Waals surface area contributed by atoms with Gasteiger partial charge in [-0.15, -0.1) is 0 Å². The summed E-state index contributed by atoms with van der Waals surface area (Å²) in [5.74, 6) is -3.87. The molecule has 2 aromatic rings. The second-order valence-corrected chi connectivity index (χ2v) is 4.28. The van der Waals surface area contributed by atoms with Crippen molar-refractivity contribution in [1.29, 1.82) is 0 Å². The van der Waals surface area contributed by atoms with Crippen LogP contribution in [-0.4, -0.2) is 0 Å². The molecule has 0 aliphatic heterocycles. The second-order valence-electron chi connectivity index (χ2n) is 4.28. The lowest BCUT2D eigenvalue weighted by molar-refractivity contribution is 0.561. The Morgan fingerprint density at radius 2 is 1.26 bits per heavy atom. The van der Waals surface area contributed by atoms with E-state index >= 15 is 0 Å². The summed E-state index contributed by atoms with van der Waals surface area (Å²) in [6.07, 6.45) is 1.24. The average Bonchev–Trinajstić information content (AvgIpc) is 2.32. The van der Waals surface area contributed by atoms with Crippen molar-refractivity contribution in [1.82, 2.24) is 0 Å². The number of hydrogen-bond acceptors (Lipinski definition) is 0. The van der Waals surface area contributed by atoms with Crippen LogP contribution in [0.5, 0.6) is 0 Å². The van der Waals surface area contributed by atoms with E-state index in [1.807, 2.05) is 6.92 Å². The van der Waals surface area contributed by atoms with Gasteiger partial charge >= 0.3 is 0 Å². The lowest BCUT2D eigenvalue weighted by Crippen LogP contribution is -1.98. The minimum atomic E-state index is -0.985. The molecule has 19 heavy (non-hydrogen) atoms. The van der Waals surface area contributed by atoms with Gasteiger partial charge in [-0.1, -0.05) is 19.4 Å². The molecular formula is C15H12F4. The number of benzene rings is 2. The molecule has 100 valence electrons. The van der Waals surface area contributed by atoms with Crippen LogP contribution < -0.4 is 0 Å². The Kier molecular flexibility index (Phi) is 3.88. The molecule has 0 bridgehead atoms. The Hall–Kier alpha value is -1.84. The molecule has 0 aliphatic rings. The molecule has 0 spiro atoms. The Balaban J connectivity index is 2.63. The fourth-order valence-corrected chi connectivity index (χ4v) is 2.03. The Bertz CT molecular complexity index is 562. The van der Waals surface area contributed by atoms with E-state index in [2.05, 4.69) is 0 Å². The maximum absolute atomic E-state index is 13.9. The normalized spacial score (nSPS) is 10.8. The molecule has 0 nitrogen and oxygen atoms in total. The van der Waals surface area contributed by atoms with E-state index in [4.69, 9.17) is 0 Å². The maximum Gasteiger partial charge on any atom is 0.134 e. The van der Waals surface area contributed by atoms with Crippen molar-refractivity contribution in [3.63, 3.8) is 0 Å². The Morgan fingerprint density at radius 3 is 1.74 bits per heavy atom. The largest absolute Gasteiger partial charge is 0.206 e. The van der Waals surface area contributed by atoms with Gasteiger partial charge in [0, 0.05) is 0 Å². The lowest BCUT2D eigenvalue weighted by Gasteiger charge is -2.10. The predicted octanol–water partition coefficient (Wildman–Crippen LogP) is 4.86. The monoisotopic (exact) mass is 268 g/mol. The summed E-state index contributed by atoms with van der Waals surface area (Å²) >= 11 is 0. The summed E-state index contributed by atoms with van der Waals surface area (Å²) in [6, 6.07) is 5.32. The topological polar surface area (TPSA) is 0 Å². The molecule has 2 rings (SSSR count). The van der Waals surface area contributed by atoms with Crippen molar-refractivity contribution in [3.8, 4) is 11.1 Å². The zero-order valence-corrected chi connectivity index (χ0v) is 10.3. The third kappa shape index (κ3) is 2.62. The highest BCUT2D eigenvalue weighted by molar-refractivity contribution is 5.66. The molecule has 0 saturated heterocycles. The van der Waals surface area contributed by atoms with E-state index in [0.717, 1.165) is 36.8 Å². The highest BCUT2D eigenvalue weighted by atomic mass is 19.1. The van der Waals surface area contributed by atoms with Gasteiger partial charge in [-0.3, -0.25) is 0 Å². The molecule has 4 heteroatoms. The molecule has 0 aromatic heterocycles. The number of rotatable bonds is 3. The number of hydrogen-bond donors (Lipinski definition) is 0. The summed E-state index contributed by atoms with van der Waals surface area (Å²) in [5.41, 5.74) is -0.853. The third-order valence-electron chi connectivity index (χ3n) is 2.85. The maximum atomic E-state index is 13.9. The fraction of sp³-hybridized carbons (Fsp3) is 0.200. The fourth-order valence-electron chi connectivity index (χ4n) is 2.03. The van der Waals surface area contributed by atoms with Gasteiger partial charge in [0.05, 0.1) is 11.1 Å². The number of halogens is 4. The van der Waals surface area contributed by atoms with Crippen LogP contribution >= 0.6 is 0 Å². The third-order valence-corrected chi connectivity index (χ3v) is 2.85. The molecule has 0 N–H and O–H groups in total. The van der Waals surface area contributed by atoms with E-state index < -0.39 is 34.4 Å². The van der Waals surface area contributed by atoms with Crippen molar-refractivity contribution < 1.29 is 17.6 Å². The van der Waals surface area contributed by atoms with Crippen molar-refractivity contribution in [2.75, 3.05) is 0 Å². The van der Waals surface area contributed by atoms with E-state index in [1.54, 1.807) is 0 Å². The van der Waals surface area contributed by atoms with Crippen LogP contribution in [-0.2, 0) is 6.42 Å². The van der Waals surface area contributed by atoms with E-state index in [0.29, 0.717) is 12.0 Å². The summed E-state index contributed by atoms with van der Waals surface area (Å²) in [5, 5.41) is 0. The Labute approximate surface area is 108 Å². The minimum Gasteiger partial charge on any atom is -0.206 e. The van der Waals surface area contributed by atoms with Crippen molar-refractivity contribution >= 4 is 0 Å². The smallest absolute Gasteiger partial charge is 0.134 e. The summed E-state index contributed by atoms with van der Waals surface area (Å²) < 4.78 is 55.0. The van der Waals surface area contributed by atoms with Crippen molar-refractivity contribution in [2.45, 2.75) is 19.8 Å². The first-order valence-electron chi connectivity index (χ1n) is 5.97. The Morgan fingerprint density at radius 1 is 0.789 bits per heavy atom. The van der Waals surface area contributed by atoms with Gasteiger partial charge in [0.25, 0.3) is 0 Å². The standard InChI is InChI=1S/C15H12F4/c1-2-4-9-7-12(18)15(13(19)8-9)14-10(16)5-3-6-11(14)17/h3,5-8H,2,4H2,1H3. The van der Waals surface area contributed by atoms with E-state index in [9.17, 15) is 17.6 Å². The van der Waals surface area contributed by atoms with Gasteiger partial charge < -0.3 is 0 Å². The quantitative estimate of drug-likeness (QED) is 0.697. The van der Waals surface area contributed by atoms with Crippen LogP contribution in [0.1, 0.15) is 18.9 Å². The van der Waals surface area contributed by atoms with Crippen molar-refractivity contribution in [2.24, 2.45) is 0 Å². The van der Waals surface area contributed by atoms with E-state index in [1.165, 1.54) is 0 Å². The first-order chi connectivity index (χ1) is 9.04. The molecule has 0 aliphatic carbocycles. The van der Waals surface area contributed by atoms with Crippen LogP contribution in [0.3, 0.4) is 0 Å². The number of aryl methyl sites for hydroxylation is 1. The summed E-state index contributed by atoms with van der Waals surface area (Å²) in [7, 11) is 0. The molecule has 0 amide bonds. The van der Waals surface area contributed by atoms with Crippen LogP contribution in [0.15, 0.2) is 30.3 Å². The summed E-state index contributed by atoms with van der Waals surface area (Å²) in [4.78, 5) is 0. The zero-order chi connectivity index (χ0) is 14.0. The second kappa shape index (κ2) is 5.43. The van der Waals surface area contributed by atoms with Crippen LogP contribution in [0.2, 0.25) is 0 Å². The van der Waals surface area contributed by atoms with Gasteiger partial charge in [0.2, 0.25) is 0 Å². The van der Waals surface area contributed by atoms with Crippen LogP contribution in [0.4, 0.5) is 17.6 Å². The molecule has 0 heterocycles. The van der Waals surface area contributed by atoms with Gasteiger partial charge in [0.1, 0.15) is 23.3 Å². The SMILES string of the molecule is CCCc1cc(F)c(-c2c(F)cccc2F)c(F)c1. The predicted molar refractivity (Wildman–Crippen MR) is 65.7 cm³/mol. The molecule has 0 fully saturated rings. The van der Waals surface area contributed by atoms with Crippen LogP contribution in [0.25, 0.3) is 11.1 Å². The van der Waals surface area contributed by atoms with Gasteiger partial charge in [-0.05, 0) is 36.2 Å². The highest BCUT2D eigenvalue weighted by Gasteiger charge is 2.20. The highest BCUT2D eigenvalue weighted by Crippen LogP contribution is 2.31. The van der Waals surface area contributed by atoms with Gasteiger partial charge in [-0.25, -0.2) is 17.6 Å². The molecule has 0 unspecified atom stereocenters. The molecule has 0 atom stereocenters. The molecule has 0 radical (unpaired) electrons. The van der Waals surface area contributed by atoms with Crippen LogP contribution in [0, 0.1) is 23.3 Å². The molecule has 0 saturated carbocycles. The van der Waals surface area contributed by atoms with E-state index in [-0.39, 0.29) is 0 Å². The molecule has 2 aromatic carbocycles. The van der Waals surface area contributed by atoms with Gasteiger partial charge in [0.15, 0.2) is 0 Å². The van der Waals surface area contributed by atoms with Gasteiger partial charge in [-0.2, -0.15) is 0 Å². The average molecular weight is 268 g/mol. The lowest BCUT2D eigenvalue weighted by atomic mass is 9.99. The minimum absolute atomic E-state index is 0.470. The zero-order valence-electron chi connectivity index (χ0n) is 10.3. The van der Waals surface area contributed by atoms with Crippen molar-refractivity contribution in [3.05, 3.63) is 59.2 Å². The molecular weight excluding hydrogens is 256 g/mol. The first kappa shape index (κ1) is 13.6. The summed E-state index contributed by atoms with van der Waals surface area (Å²) in [6.45, 7) is 1.88. The first-order valence-corrected chi connectivity index (χ1v) is 5.97.